The minimum atomic E-state index is 1.03. The Kier molecular flexibility index (Phi) is 6.11. The monoisotopic (exact) mass is 232 g/mol. The first-order valence-corrected chi connectivity index (χ1v) is 6.61. The molecule has 0 aliphatic heterocycles. The minimum Gasteiger partial charge on any atom is -0.0928 e. The summed E-state index contributed by atoms with van der Waals surface area (Å²) in [5.41, 5.74) is 0. The Hall–Kier alpha value is 0.480. The smallest absolute Gasteiger partial charge is 0.00339 e. The van der Waals surface area contributed by atoms with Gasteiger partial charge in [-0.25, -0.2) is 0 Å². The van der Waals surface area contributed by atoms with Crippen LogP contribution < -0.4 is 0 Å². The van der Waals surface area contributed by atoms with Gasteiger partial charge in [0, 0.05) is 5.33 Å². The summed E-state index contributed by atoms with van der Waals surface area (Å²) in [6.07, 6.45) is 13.3. The summed E-state index contributed by atoms with van der Waals surface area (Å²) in [6, 6.07) is 0. The lowest BCUT2D eigenvalue weighted by Gasteiger charge is -2.13. The van der Waals surface area contributed by atoms with Crippen molar-refractivity contribution in [1.29, 1.82) is 0 Å². The maximum atomic E-state index is 3.55. The first-order valence-electron chi connectivity index (χ1n) is 5.49. The molecule has 0 aromatic carbocycles. The first kappa shape index (κ1) is 10.6. The maximum Gasteiger partial charge on any atom is 0.00339 e. The largest absolute Gasteiger partial charge is 0.0928 e. The van der Waals surface area contributed by atoms with Gasteiger partial charge in [-0.05, 0) is 12.3 Å². The van der Waals surface area contributed by atoms with E-state index >= 15 is 0 Å². The van der Waals surface area contributed by atoms with Crippen molar-refractivity contribution in [3.63, 3.8) is 0 Å². The van der Waals surface area contributed by atoms with E-state index in [2.05, 4.69) is 15.9 Å². The second-order valence-electron chi connectivity index (χ2n) is 4.04. The molecule has 0 radical (unpaired) electrons. The molecule has 1 aliphatic rings. The average molecular weight is 233 g/mol. The molecule has 0 N–H and O–H groups in total. The molecule has 1 aliphatic carbocycles. The number of hydrogen-bond acceptors (Lipinski definition) is 0. The van der Waals surface area contributed by atoms with Crippen molar-refractivity contribution in [2.45, 2.75) is 57.8 Å². The van der Waals surface area contributed by atoms with Crippen molar-refractivity contribution in [3.8, 4) is 0 Å². The molecule has 0 aromatic rings. The fourth-order valence-electron chi connectivity index (χ4n) is 2.16. The number of rotatable bonds is 2. The Morgan fingerprint density at radius 2 is 1.33 bits per heavy atom. The van der Waals surface area contributed by atoms with Gasteiger partial charge >= 0.3 is 0 Å². The highest BCUT2D eigenvalue weighted by Gasteiger charge is 2.09. The van der Waals surface area contributed by atoms with E-state index in [0.717, 1.165) is 5.92 Å². The lowest BCUT2D eigenvalue weighted by Crippen LogP contribution is -2.00. The van der Waals surface area contributed by atoms with E-state index in [9.17, 15) is 0 Å². The Labute approximate surface area is 85.3 Å². The average Bonchev–Trinajstić information content (AvgIpc) is 2.19. The van der Waals surface area contributed by atoms with E-state index in [-0.39, 0.29) is 0 Å². The highest BCUT2D eigenvalue weighted by Crippen LogP contribution is 2.24. The molecule has 0 atom stereocenters. The zero-order valence-corrected chi connectivity index (χ0v) is 9.61. The van der Waals surface area contributed by atoms with Crippen molar-refractivity contribution in [3.05, 3.63) is 0 Å². The van der Waals surface area contributed by atoms with Crippen LogP contribution in [-0.2, 0) is 0 Å². The van der Waals surface area contributed by atoms with Gasteiger partial charge in [0.2, 0.25) is 0 Å². The van der Waals surface area contributed by atoms with Gasteiger partial charge in [0.25, 0.3) is 0 Å². The van der Waals surface area contributed by atoms with E-state index in [1.807, 2.05) is 0 Å². The number of halogens is 1. The zero-order valence-electron chi connectivity index (χ0n) is 8.03. The fourth-order valence-corrected chi connectivity index (χ4v) is 2.81. The molecule has 0 nitrogen and oxygen atoms in total. The van der Waals surface area contributed by atoms with Crippen LogP contribution in [0.5, 0.6) is 0 Å². The molecular weight excluding hydrogens is 212 g/mol. The van der Waals surface area contributed by atoms with Gasteiger partial charge < -0.3 is 0 Å². The quantitative estimate of drug-likeness (QED) is 0.615. The summed E-state index contributed by atoms with van der Waals surface area (Å²) < 4.78 is 0. The summed E-state index contributed by atoms with van der Waals surface area (Å²) in [4.78, 5) is 0. The molecule has 1 rings (SSSR count). The van der Waals surface area contributed by atoms with E-state index in [1.54, 1.807) is 0 Å². The predicted octanol–water partition coefficient (Wildman–Crippen LogP) is 4.52. The summed E-state index contributed by atoms with van der Waals surface area (Å²) in [7, 11) is 0. The summed E-state index contributed by atoms with van der Waals surface area (Å²) in [5, 5.41) is 1.21. The lowest BCUT2D eigenvalue weighted by atomic mass is 9.95. The van der Waals surface area contributed by atoms with Crippen LogP contribution in [0.3, 0.4) is 0 Å². The van der Waals surface area contributed by atoms with Crippen LogP contribution >= 0.6 is 15.9 Å². The molecule has 0 aromatic heterocycles. The molecule has 1 fully saturated rings. The fraction of sp³-hybridized carbons (Fsp3) is 1.00. The molecule has 12 heavy (non-hydrogen) atoms. The van der Waals surface area contributed by atoms with Crippen LogP contribution in [0.25, 0.3) is 0 Å². The Morgan fingerprint density at radius 1 is 0.833 bits per heavy atom. The molecule has 0 amide bonds. The highest BCUT2D eigenvalue weighted by atomic mass is 79.9. The van der Waals surface area contributed by atoms with Crippen molar-refractivity contribution >= 4 is 15.9 Å². The third kappa shape index (κ3) is 4.49. The SMILES string of the molecule is BrCCC1CCCCCCCC1. The summed E-state index contributed by atoms with van der Waals surface area (Å²) in [6.45, 7) is 0. The third-order valence-electron chi connectivity index (χ3n) is 2.99. The summed E-state index contributed by atoms with van der Waals surface area (Å²) >= 11 is 3.55. The predicted molar refractivity (Wildman–Crippen MR) is 58.8 cm³/mol. The van der Waals surface area contributed by atoms with Crippen LogP contribution in [0.4, 0.5) is 0 Å². The highest BCUT2D eigenvalue weighted by molar-refractivity contribution is 9.09. The second kappa shape index (κ2) is 6.94. The van der Waals surface area contributed by atoms with Gasteiger partial charge in [0.1, 0.15) is 0 Å². The Morgan fingerprint density at radius 3 is 1.83 bits per heavy atom. The third-order valence-corrected chi connectivity index (χ3v) is 3.45. The van der Waals surface area contributed by atoms with Crippen molar-refractivity contribution < 1.29 is 0 Å². The van der Waals surface area contributed by atoms with Crippen LogP contribution in [0.15, 0.2) is 0 Å². The topological polar surface area (TPSA) is 0 Å². The molecule has 72 valence electrons. The van der Waals surface area contributed by atoms with Gasteiger partial charge in [0.05, 0.1) is 0 Å². The first-order chi connectivity index (χ1) is 5.93. The van der Waals surface area contributed by atoms with Crippen LogP contribution in [0.2, 0.25) is 0 Å². The number of hydrogen-bond donors (Lipinski definition) is 0. The van der Waals surface area contributed by atoms with Gasteiger partial charge in [-0.2, -0.15) is 0 Å². The van der Waals surface area contributed by atoms with Crippen LogP contribution in [0.1, 0.15) is 57.8 Å². The standard InChI is InChI=1S/C11H21Br/c12-10-9-11-7-5-3-1-2-4-6-8-11/h11H,1-10H2. The van der Waals surface area contributed by atoms with E-state index in [1.165, 1.54) is 63.1 Å². The van der Waals surface area contributed by atoms with Crippen molar-refractivity contribution in [2.24, 2.45) is 5.92 Å². The van der Waals surface area contributed by atoms with Crippen LogP contribution in [0, 0.1) is 5.92 Å². The van der Waals surface area contributed by atoms with Gasteiger partial charge in [0.15, 0.2) is 0 Å². The van der Waals surface area contributed by atoms with Gasteiger partial charge in [-0.1, -0.05) is 67.3 Å². The second-order valence-corrected chi connectivity index (χ2v) is 4.84. The lowest BCUT2D eigenvalue weighted by molar-refractivity contribution is 0.419. The van der Waals surface area contributed by atoms with E-state index in [4.69, 9.17) is 0 Å². The number of alkyl halides is 1. The molecule has 0 saturated heterocycles. The van der Waals surface area contributed by atoms with Gasteiger partial charge in [-0.3, -0.25) is 0 Å². The molecule has 0 unspecified atom stereocenters. The van der Waals surface area contributed by atoms with Crippen molar-refractivity contribution in [1.82, 2.24) is 0 Å². The summed E-state index contributed by atoms with van der Waals surface area (Å²) in [5.74, 6) is 1.03. The molecule has 1 saturated carbocycles. The molecule has 0 heterocycles. The Bertz CT molecular complexity index is 91.2. The molecular formula is C11H21Br. The normalized spacial score (nSPS) is 22.8. The zero-order chi connectivity index (χ0) is 8.65. The molecule has 0 spiro atoms. The molecule has 0 bridgehead atoms. The van der Waals surface area contributed by atoms with Crippen molar-refractivity contribution in [2.75, 3.05) is 5.33 Å². The Balaban J connectivity index is 2.19. The van der Waals surface area contributed by atoms with E-state index in [0.29, 0.717) is 0 Å². The molecule has 1 heteroatoms. The van der Waals surface area contributed by atoms with E-state index < -0.39 is 0 Å². The van der Waals surface area contributed by atoms with Crippen LogP contribution in [-0.4, -0.2) is 5.33 Å². The van der Waals surface area contributed by atoms with Gasteiger partial charge in [-0.15, -0.1) is 0 Å². The maximum absolute atomic E-state index is 3.55. The minimum absolute atomic E-state index is 1.03.